The molecule has 98 valence electrons. The van der Waals surface area contributed by atoms with E-state index in [0.29, 0.717) is 16.9 Å². The van der Waals surface area contributed by atoms with Crippen LogP contribution in [0, 0.1) is 10.5 Å². The summed E-state index contributed by atoms with van der Waals surface area (Å²) in [6, 6.07) is 11.3. The molecule has 0 atom stereocenters. The molecular formula is C15H12BrIO2. The van der Waals surface area contributed by atoms with Gasteiger partial charge in [0.1, 0.15) is 5.75 Å². The molecule has 2 aromatic rings. The topological polar surface area (TPSA) is 26.3 Å². The first-order valence-electron chi connectivity index (χ1n) is 5.67. The maximum absolute atomic E-state index is 12.6. The highest BCUT2D eigenvalue weighted by atomic mass is 127. The molecule has 0 spiro atoms. The molecular weight excluding hydrogens is 419 g/mol. The van der Waals surface area contributed by atoms with Crippen LogP contribution in [0.15, 0.2) is 40.9 Å². The van der Waals surface area contributed by atoms with Crippen molar-refractivity contribution in [3.05, 3.63) is 61.1 Å². The van der Waals surface area contributed by atoms with Crippen LogP contribution in [-0.2, 0) is 0 Å². The van der Waals surface area contributed by atoms with E-state index in [1.807, 2.05) is 43.3 Å². The van der Waals surface area contributed by atoms with Crippen LogP contribution in [0.4, 0.5) is 0 Å². The van der Waals surface area contributed by atoms with Crippen molar-refractivity contribution in [1.29, 1.82) is 0 Å². The fraction of sp³-hybridized carbons (Fsp3) is 0.133. The number of halogens is 2. The highest BCUT2D eigenvalue weighted by molar-refractivity contribution is 14.1. The Balaban J connectivity index is 2.55. The molecule has 0 saturated heterocycles. The Labute approximate surface area is 134 Å². The summed E-state index contributed by atoms with van der Waals surface area (Å²) in [7, 11) is 1.57. The molecule has 0 radical (unpaired) electrons. The Hall–Kier alpha value is -0.880. The van der Waals surface area contributed by atoms with Gasteiger partial charge in [-0.25, -0.2) is 0 Å². The molecule has 19 heavy (non-hydrogen) atoms. The summed E-state index contributed by atoms with van der Waals surface area (Å²) >= 11 is 5.62. The number of carbonyl (C=O) groups excluding carboxylic acids is 1. The molecule has 2 aromatic carbocycles. The third-order valence-corrected chi connectivity index (χ3v) is 4.14. The summed E-state index contributed by atoms with van der Waals surface area (Å²) in [5.41, 5.74) is 2.29. The molecule has 0 N–H and O–H groups in total. The van der Waals surface area contributed by atoms with Crippen molar-refractivity contribution >= 4 is 44.3 Å². The standard InChI is InChI=1S/C15H12BrIO2/c1-9-3-5-13(16)11(7-9)15(18)12-8-10(17)4-6-14(12)19-2/h3-8H,1-2H3. The number of methoxy groups -OCH3 is 1. The number of hydrogen-bond acceptors (Lipinski definition) is 2. The third kappa shape index (κ3) is 3.17. The van der Waals surface area contributed by atoms with Gasteiger partial charge in [-0.15, -0.1) is 0 Å². The Morgan fingerprint density at radius 1 is 1.16 bits per heavy atom. The van der Waals surface area contributed by atoms with Gasteiger partial charge in [-0.05, 0) is 59.8 Å². The van der Waals surface area contributed by atoms with E-state index in [1.54, 1.807) is 7.11 Å². The molecule has 2 nitrogen and oxygen atoms in total. The maximum Gasteiger partial charge on any atom is 0.197 e. The first-order chi connectivity index (χ1) is 9.02. The number of carbonyl (C=O) groups is 1. The number of hydrogen-bond donors (Lipinski definition) is 0. The maximum atomic E-state index is 12.6. The Bertz CT molecular complexity index is 638. The van der Waals surface area contributed by atoms with Crippen LogP contribution >= 0.6 is 38.5 Å². The van der Waals surface area contributed by atoms with E-state index in [2.05, 4.69) is 38.5 Å². The average molecular weight is 431 g/mol. The van der Waals surface area contributed by atoms with E-state index in [-0.39, 0.29) is 5.78 Å². The second-order valence-corrected chi connectivity index (χ2v) is 6.26. The van der Waals surface area contributed by atoms with Gasteiger partial charge in [0.05, 0.1) is 12.7 Å². The molecule has 0 saturated carbocycles. The van der Waals surface area contributed by atoms with Gasteiger partial charge in [-0.2, -0.15) is 0 Å². The zero-order valence-corrected chi connectivity index (χ0v) is 14.3. The van der Waals surface area contributed by atoms with E-state index in [9.17, 15) is 4.79 Å². The van der Waals surface area contributed by atoms with E-state index in [0.717, 1.165) is 13.6 Å². The Morgan fingerprint density at radius 2 is 1.89 bits per heavy atom. The lowest BCUT2D eigenvalue weighted by Gasteiger charge is -2.10. The van der Waals surface area contributed by atoms with Crippen LogP contribution in [0.2, 0.25) is 0 Å². The van der Waals surface area contributed by atoms with E-state index >= 15 is 0 Å². The highest BCUT2D eigenvalue weighted by Gasteiger charge is 2.17. The van der Waals surface area contributed by atoms with Crippen molar-refractivity contribution in [2.24, 2.45) is 0 Å². The van der Waals surface area contributed by atoms with Gasteiger partial charge in [0.2, 0.25) is 0 Å². The molecule has 4 heteroatoms. The molecule has 0 aromatic heterocycles. The molecule has 0 aliphatic rings. The first-order valence-corrected chi connectivity index (χ1v) is 7.54. The molecule has 0 unspecified atom stereocenters. The minimum Gasteiger partial charge on any atom is -0.496 e. The van der Waals surface area contributed by atoms with Crippen LogP contribution < -0.4 is 4.74 Å². The second kappa shape index (κ2) is 6.05. The number of benzene rings is 2. The smallest absolute Gasteiger partial charge is 0.197 e. The Kier molecular flexibility index (Phi) is 4.62. The Morgan fingerprint density at radius 3 is 2.58 bits per heavy atom. The lowest BCUT2D eigenvalue weighted by Crippen LogP contribution is -2.05. The highest BCUT2D eigenvalue weighted by Crippen LogP contribution is 2.27. The monoisotopic (exact) mass is 430 g/mol. The lowest BCUT2D eigenvalue weighted by atomic mass is 10.0. The van der Waals surface area contributed by atoms with Crippen LogP contribution in [-0.4, -0.2) is 12.9 Å². The molecule has 0 fully saturated rings. The van der Waals surface area contributed by atoms with Gasteiger partial charge in [-0.3, -0.25) is 4.79 Å². The average Bonchev–Trinajstić information content (AvgIpc) is 2.40. The fourth-order valence-corrected chi connectivity index (χ4v) is 2.73. The van der Waals surface area contributed by atoms with Crippen LogP contribution in [0.1, 0.15) is 21.5 Å². The third-order valence-electron chi connectivity index (χ3n) is 2.77. The number of ketones is 1. The number of aryl methyl sites for hydroxylation is 1. The van der Waals surface area contributed by atoms with Crippen molar-refractivity contribution in [2.75, 3.05) is 7.11 Å². The predicted octanol–water partition coefficient (Wildman–Crippen LogP) is 4.60. The molecule has 0 heterocycles. The zero-order chi connectivity index (χ0) is 14.0. The van der Waals surface area contributed by atoms with Crippen LogP contribution in [0.3, 0.4) is 0 Å². The van der Waals surface area contributed by atoms with Gasteiger partial charge in [-0.1, -0.05) is 27.6 Å². The van der Waals surface area contributed by atoms with Crippen molar-refractivity contribution in [3.63, 3.8) is 0 Å². The molecule has 2 rings (SSSR count). The summed E-state index contributed by atoms with van der Waals surface area (Å²) < 4.78 is 7.07. The minimum atomic E-state index is -0.0362. The minimum absolute atomic E-state index is 0.0362. The van der Waals surface area contributed by atoms with Gasteiger partial charge in [0.15, 0.2) is 5.78 Å². The fourth-order valence-electron chi connectivity index (χ4n) is 1.82. The summed E-state index contributed by atoms with van der Waals surface area (Å²) in [6.45, 7) is 1.97. The molecule has 0 bridgehead atoms. The van der Waals surface area contributed by atoms with Gasteiger partial charge >= 0.3 is 0 Å². The van der Waals surface area contributed by atoms with Crippen LogP contribution in [0.5, 0.6) is 5.75 Å². The van der Waals surface area contributed by atoms with E-state index in [1.165, 1.54) is 0 Å². The van der Waals surface area contributed by atoms with Gasteiger partial charge in [0, 0.05) is 13.6 Å². The van der Waals surface area contributed by atoms with Crippen LogP contribution in [0.25, 0.3) is 0 Å². The quantitative estimate of drug-likeness (QED) is 0.525. The van der Waals surface area contributed by atoms with Gasteiger partial charge < -0.3 is 4.74 Å². The predicted molar refractivity (Wildman–Crippen MR) is 88.0 cm³/mol. The van der Waals surface area contributed by atoms with Crippen molar-refractivity contribution in [1.82, 2.24) is 0 Å². The number of rotatable bonds is 3. The summed E-state index contributed by atoms with van der Waals surface area (Å²) in [5, 5.41) is 0. The van der Waals surface area contributed by atoms with Crippen molar-refractivity contribution in [3.8, 4) is 5.75 Å². The molecule has 0 amide bonds. The zero-order valence-electron chi connectivity index (χ0n) is 10.5. The van der Waals surface area contributed by atoms with E-state index in [4.69, 9.17) is 4.74 Å². The summed E-state index contributed by atoms with van der Waals surface area (Å²) in [6.07, 6.45) is 0. The van der Waals surface area contributed by atoms with Crippen molar-refractivity contribution < 1.29 is 9.53 Å². The first kappa shape index (κ1) is 14.5. The number of ether oxygens (including phenoxy) is 1. The van der Waals surface area contributed by atoms with Gasteiger partial charge in [0.25, 0.3) is 0 Å². The SMILES string of the molecule is COc1ccc(I)cc1C(=O)c1cc(C)ccc1Br. The molecule has 0 aliphatic heterocycles. The summed E-state index contributed by atoms with van der Waals surface area (Å²) in [4.78, 5) is 12.6. The summed E-state index contributed by atoms with van der Waals surface area (Å²) in [5.74, 6) is 0.560. The van der Waals surface area contributed by atoms with E-state index < -0.39 is 0 Å². The normalized spacial score (nSPS) is 10.3. The molecule has 0 aliphatic carbocycles. The second-order valence-electron chi connectivity index (χ2n) is 4.16. The largest absolute Gasteiger partial charge is 0.496 e. The van der Waals surface area contributed by atoms with Crippen molar-refractivity contribution in [2.45, 2.75) is 6.92 Å². The lowest BCUT2D eigenvalue weighted by molar-refractivity contribution is 0.103.